The zero-order chi connectivity index (χ0) is 19.3. The van der Waals surface area contributed by atoms with Gasteiger partial charge in [-0.2, -0.15) is 15.8 Å². The molecule has 2 aliphatic carbocycles. The van der Waals surface area contributed by atoms with Crippen LogP contribution in [-0.4, -0.2) is 82.8 Å². The van der Waals surface area contributed by atoms with E-state index in [9.17, 15) is 15.3 Å². The maximum atomic E-state index is 11.2. The summed E-state index contributed by atoms with van der Waals surface area (Å²) in [6, 6.07) is 4.39. The average molecular weight is 362 g/mol. The van der Waals surface area contributed by atoms with Gasteiger partial charge in [-0.3, -0.25) is 4.90 Å². The minimum atomic E-state index is -1.53. The Kier molecular flexibility index (Phi) is 6.91. The van der Waals surface area contributed by atoms with Crippen molar-refractivity contribution in [3.8, 4) is 18.2 Å². The van der Waals surface area contributed by atoms with Crippen LogP contribution >= 0.6 is 0 Å². The first-order chi connectivity index (χ1) is 12.4. The monoisotopic (exact) mass is 362 g/mol. The van der Waals surface area contributed by atoms with Gasteiger partial charge in [0.1, 0.15) is 11.7 Å². The van der Waals surface area contributed by atoms with Crippen molar-refractivity contribution in [2.45, 2.75) is 55.2 Å². The Hall–Kier alpha value is -1.77. The number of hydrogen-bond acceptors (Lipinski definition) is 9. The molecular formula is C17H26N6O3. The van der Waals surface area contributed by atoms with E-state index in [4.69, 9.17) is 15.8 Å². The van der Waals surface area contributed by atoms with Crippen molar-refractivity contribution in [2.75, 3.05) is 26.7 Å². The zero-order valence-electron chi connectivity index (χ0n) is 14.8. The highest BCUT2D eigenvalue weighted by Crippen LogP contribution is 2.52. The molecule has 2 rings (SSSR count). The predicted octanol–water partition coefficient (Wildman–Crippen LogP) is -1.96. The topological polar surface area (TPSA) is 159 Å². The molecule has 0 aliphatic heterocycles. The molecule has 0 heterocycles. The molecule has 0 aromatic carbocycles. The van der Waals surface area contributed by atoms with E-state index in [1.54, 1.807) is 11.9 Å². The summed E-state index contributed by atoms with van der Waals surface area (Å²) in [5.74, 6) is -0.473. The van der Waals surface area contributed by atoms with Crippen molar-refractivity contribution in [2.24, 2.45) is 5.92 Å². The second-order valence-electron chi connectivity index (χ2n) is 6.96. The van der Waals surface area contributed by atoms with Gasteiger partial charge in [0, 0.05) is 56.9 Å². The summed E-state index contributed by atoms with van der Waals surface area (Å²) in [4.78, 5) is 1.71. The number of fused-ring (bicyclic) bond motifs is 1. The summed E-state index contributed by atoms with van der Waals surface area (Å²) in [6.45, 7) is 1.10. The van der Waals surface area contributed by atoms with Gasteiger partial charge in [0.15, 0.2) is 0 Å². The van der Waals surface area contributed by atoms with Gasteiger partial charge in [0.2, 0.25) is 0 Å². The number of rotatable bonds is 9. The summed E-state index contributed by atoms with van der Waals surface area (Å²) in [6.07, 6.45) is -1.29. The van der Waals surface area contributed by atoms with Gasteiger partial charge in [-0.1, -0.05) is 0 Å². The molecule has 0 amide bonds. The van der Waals surface area contributed by atoms with Crippen LogP contribution in [-0.2, 0) is 0 Å². The number of aliphatic hydroxyl groups excluding tert-OH is 2. The van der Waals surface area contributed by atoms with Gasteiger partial charge >= 0.3 is 0 Å². The van der Waals surface area contributed by atoms with Crippen LogP contribution in [0.25, 0.3) is 0 Å². The lowest BCUT2D eigenvalue weighted by atomic mass is 9.62. The summed E-state index contributed by atoms with van der Waals surface area (Å²) in [5, 5.41) is 65.1. The Morgan fingerprint density at radius 2 is 1.50 bits per heavy atom. The van der Waals surface area contributed by atoms with E-state index in [0.29, 0.717) is 19.6 Å². The zero-order valence-corrected chi connectivity index (χ0v) is 14.8. The average Bonchev–Trinajstić information content (AvgIpc) is 2.82. The number of likely N-dealkylation sites (N-methyl/N-ethyl adjacent to an activating group) is 1. The molecule has 9 heteroatoms. The molecule has 0 saturated heterocycles. The third-order valence-corrected chi connectivity index (χ3v) is 5.57. The van der Waals surface area contributed by atoms with E-state index in [2.05, 4.69) is 10.6 Å². The molecule has 142 valence electrons. The fourth-order valence-corrected chi connectivity index (χ4v) is 4.47. The quantitative estimate of drug-likeness (QED) is 0.293. The summed E-state index contributed by atoms with van der Waals surface area (Å²) >= 11 is 0. The molecule has 0 radical (unpaired) electrons. The van der Waals surface area contributed by atoms with Crippen molar-refractivity contribution in [1.29, 1.82) is 15.8 Å². The minimum absolute atomic E-state index is 0.243. The molecule has 9 nitrogen and oxygen atoms in total. The molecule has 2 fully saturated rings. The number of nitrogens with one attached hydrogen (secondary N) is 2. The van der Waals surface area contributed by atoms with Crippen LogP contribution in [0.1, 0.15) is 19.3 Å². The van der Waals surface area contributed by atoms with Crippen LogP contribution in [0, 0.1) is 39.9 Å². The van der Waals surface area contributed by atoms with Crippen LogP contribution in [0.15, 0.2) is 0 Å². The van der Waals surface area contributed by atoms with E-state index in [1.165, 1.54) is 0 Å². The van der Waals surface area contributed by atoms with E-state index in [0.717, 1.165) is 0 Å². The Labute approximate surface area is 153 Å². The number of nitriles is 3. The Balaban J connectivity index is 2.21. The molecule has 2 aliphatic rings. The molecule has 26 heavy (non-hydrogen) atoms. The van der Waals surface area contributed by atoms with Gasteiger partial charge in [-0.15, -0.1) is 0 Å². The van der Waals surface area contributed by atoms with Crippen molar-refractivity contribution in [3.63, 3.8) is 0 Å². The van der Waals surface area contributed by atoms with Gasteiger partial charge in [-0.05, 0) is 7.05 Å². The first-order valence-electron chi connectivity index (χ1n) is 8.81. The molecule has 0 aromatic heterocycles. The highest BCUT2D eigenvalue weighted by molar-refractivity contribution is 5.29. The normalized spacial score (nSPS) is 38.1. The summed E-state index contributed by atoms with van der Waals surface area (Å²) in [5.41, 5.74) is -1.53. The lowest BCUT2D eigenvalue weighted by Gasteiger charge is -2.56. The standard InChI is InChI=1S/C17H26N6O3/c1-23(10-4-7-20)15-14(24)12(21-8-2-5-18)11-13(22-9-3-6-19)16(25)17(11,15)26/h11-16,21-22,24-26H,2-4,8-10H2,1H3. The Morgan fingerprint density at radius 3 is 2.04 bits per heavy atom. The molecule has 7 unspecified atom stereocenters. The highest BCUT2D eigenvalue weighted by atomic mass is 16.4. The van der Waals surface area contributed by atoms with Gasteiger partial charge < -0.3 is 26.0 Å². The van der Waals surface area contributed by atoms with Crippen LogP contribution in [0.4, 0.5) is 0 Å². The molecule has 7 atom stereocenters. The van der Waals surface area contributed by atoms with Crippen LogP contribution in [0.3, 0.4) is 0 Å². The first kappa shape index (κ1) is 20.5. The molecule has 5 N–H and O–H groups in total. The van der Waals surface area contributed by atoms with Crippen molar-refractivity contribution in [3.05, 3.63) is 0 Å². The Morgan fingerprint density at radius 1 is 0.962 bits per heavy atom. The molecule has 0 spiro atoms. The molecule has 0 bridgehead atoms. The van der Waals surface area contributed by atoms with E-state index < -0.39 is 41.9 Å². The maximum absolute atomic E-state index is 11.2. The summed E-state index contributed by atoms with van der Waals surface area (Å²) < 4.78 is 0. The molecule has 2 saturated carbocycles. The van der Waals surface area contributed by atoms with Crippen LogP contribution in [0.2, 0.25) is 0 Å². The van der Waals surface area contributed by atoms with Crippen molar-refractivity contribution >= 4 is 0 Å². The van der Waals surface area contributed by atoms with E-state index >= 15 is 0 Å². The summed E-state index contributed by atoms with van der Waals surface area (Å²) in [7, 11) is 1.71. The van der Waals surface area contributed by atoms with Gasteiger partial charge in [0.05, 0.1) is 30.4 Å². The minimum Gasteiger partial charge on any atom is -0.390 e. The predicted molar refractivity (Wildman–Crippen MR) is 91.1 cm³/mol. The SMILES string of the molecule is CN(CCC#N)C1C(O)C(NCCC#N)C2C(NCCC#N)C(O)C21O. The third-order valence-electron chi connectivity index (χ3n) is 5.57. The smallest absolute Gasteiger partial charge is 0.116 e. The van der Waals surface area contributed by atoms with Gasteiger partial charge in [0.25, 0.3) is 0 Å². The largest absolute Gasteiger partial charge is 0.390 e. The Bertz CT molecular complexity index is 611. The van der Waals surface area contributed by atoms with Gasteiger partial charge in [-0.25, -0.2) is 0 Å². The highest BCUT2D eigenvalue weighted by Gasteiger charge is 2.74. The number of aliphatic hydroxyl groups is 3. The number of nitrogens with zero attached hydrogens (tertiary/aromatic N) is 4. The van der Waals surface area contributed by atoms with Crippen LogP contribution in [0.5, 0.6) is 0 Å². The lowest BCUT2D eigenvalue weighted by Crippen LogP contribution is -2.78. The lowest BCUT2D eigenvalue weighted by molar-refractivity contribution is -0.225. The van der Waals surface area contributed by atoms with E-state index in [-0.39, 0.29) is 19.3 Å². The van der Waals surface area contributed by atoms with Crippen molar-refractivity contribution in [1.82, 2.24) is 15.5 Å². The molecular weight excluding hydrogens is 336 g/mol. The molecule has 0 aromatic rings. The third kappa shape index (κ3) is 3.41. The second kappa shape index (κ2) is 8.75. The van der Waals surface area contributed by atoms with Crippen LogP contribution < -0.4 is 10.6 Å². The number of hydrogen-bond donors (Lipinski definition) is 5. The van der Waals surface area contributed by atoms with Crippen molar-refractivity contribution < 1.29 is 15.3 Å². The first-order valence-corrected chi connectivity index (χ1v) is 8.81. The maximum Gasteiger partial charge on any atom is 0.116 e. The fraction of sp³-hybridized carbons (Fsp3) is 0.824. The second-order valence-corrected chi connectivity index (χ2v) is 6.96. The van der Waals surface area contributed by atoms with E-state index in [1.807, 2.05) is 18.2 Å². The fourth-order valence-electron chi connectivity index (χ4n) is 4.47.